The standard InChI is InChI=1S/C8H10N6/c9-3-1-2-4-5(6(3)10)7(11)14-8(12)13-4/h1-2H,9-10H2,(H4,11,12,13,14). The van der Waals surface area contributed by atoms with E-state index in [1.807, 2.05) is 0 Å². The summed E-state index contributed by atoms with van der Waals surface area (Å²) in [6, 6.07) is 3.36. The van der Waals surface area contributed by atoms with Gasteiger partial charge in [-0.05, 0) is 12.1 Å². The quantitative estimate of drug-likeness (QED) is 0.431. The maximum atomic E-state index is 5.74. The first kappa shape index (κ1) is 8.36. The molecular weight excluding hydrogens is 180 g/mol. The van der Waals surface area contributed by atoms with E-state index in [0.29, 0.717) is 22.3 Å². The third-order valence-corrected chi connectivity index (χ3v) is 1.98. The Kier molecular flexibility index (Phi) is 1.57. The molecule has 0 fully saturated rings. The molecule has 6 heteroatoms. The number of fused-ring (bicyclic) bond motifs is 1. The van der Waals surface area contributed by atoms with Gasteiger partial charge in [0.25, 0.3) is 0 Å². The average Bonchev–Trinajstić information content (AvgIpc) is 2.10. The second-order valence-electron chi connectivity index (χ2n) is 2.93. The van der Waals surface area contributed by atoms with E-state index >= 15 is 0 Å². The van der Waals surface area contributed by atoms with Crippen LogP contribution < -0.4 is 22.9 Å². The number of nitrogens with zero attached hydrogens (tertiary/aromatic N) is 2. The number of hydrogen-bond donors (Lipinski definition) is 4. The topological polar surface area (TPSA) is 130 Å². The molecule has 0 unspecified atom stereocenters. The van der Waals surface area contributed by atoms with E-state index in [1.165, 1.54) is 0 Å². The van der Waals surface area contributed by atoms with Gasteiger partial charge in [-0.2, -0.15) is 4.98 Å². The van der Waals surface area contributed by atoms with Gasteiger partial charge in [0, 0.05) is 0 Å². The molecule has 0 atom stereocenters. The van der Waals surface area contributed by atoms with Crippen LogP contribution in [0.3, 0.4) is 0 Å². The van der Waals surface area contributed by atoms with Crippen LogP contribution in [0.5, 0.6) is 0 Å². The Balaban J connectivity index is 2.95. The van der Waals surface area contributed by atoms with Gasteiger partial charge in [-0.15, -0.1) is 0 Å². The molecular formula is C8H10N6. The SMILES string of the molecule is Nc1nc(N)c2c(N)c(N)ccc2n1. The number of anilines is 4. The number of benzene rings is 1. The van der Waals surface area contributed by atoms with Crippen molar-refractivity contribution in [3.8, 4) is 0 Å². The van der Waals surface area contributed by atoms with Gasteiger partial charge in [-0.3, -0.25) is 0 Å². The predicted octanol–water partition coefficient (Wildman–Crippen LogP) is -0.0414. The molecule has 0 spiro atoms. The molecule has 2 aromatic rings. The zero-order chi connectivity index (χ0) is 10.3. The number of nitrogen functional groups attached to an aromatic ring is 4. The van der Waals surface area contributed by atoms with Gasteiger partial charge in [0.2, 0.25) is 5.95 Å². The molecule has 0 aliphatic carbocycles. The van der Waals surface area contributed by atoms with E-state index in [2.05, 4.69) is 9.97 Å². The molecule has 1 heterocycles. The van der Waals surface area contributed by atoms with Crippen LogP contribution in [0.2, 0.25) is 0 Å². The van der Waals surface area contributed by atoms with Gasteiger partial charge in [-0.25, -0.2) is 4.98 Å². The lowest BCUT2D eigenvalue weighted by Crippen LogP contribution is -2.04. The number of nitrogens with two attached hydrogens (primary N) is 4. The monoisotopic (exact) mass is 190 g/mol. The van der Waals surface area contributed by atoms with E-state index in [-0.39, 0.29) is 11.8 Å². The summed E-state index contributed by atoms with van der Waals surface area (Å²) in [6.45, 7) is 0. The molecule has 14 heavy (non-hydrogen) atoms. The van der Waals surface area contributed by atoms with Crippen molar-refractivity contribution in [1.29, 1.82) is 0 Å². The lowest BCUT2D eigenvalue weighted by atomic mass is 10.1. The molecule has 0 saturated heterocycles. The molecule has 0 saturated carbocycles. The minimum absolute atomic E-state index is 0.124. The first-order chi connectivity index (χ1) is 6.59. The Hall–Kier alpha value is -2.24. The van der Waals surface area contributed by atoms with Gasteiger partial charge in [0.05, 0.1) is 22.3 Å². The summed E-state index contributed by atoms with van der Waals surface area (Å²) in [5, 5.41) is 0.555. The van der Waals surface area contributed by atoms with Crippen molar-refractivity contribution in [2.45, 2.75) is 0 Å². The summed E-state index contributed by atoms with van der Waals surface area (Å²) in [5.74, 6) is 0.372. The molecule has 0 amide bonds. The molecule has 1 aromatic carbocycles. The molecule has 0 radical (unpaired) electrons. The van der Waals surface area contributed by atoms with Crippen molar-refractivity contribution >= 4 is 34.0 Å². The highest BCUT2D eigenvalue weighted by atomic mass is 15.0. The average molecular weight is 190 g/mol. The van der Waals surface area contributed by atoms with Crippen molar-refractivity contribution < 1.29 is 0 Å². The lowest BCUT2D eigenvalue weighted by Gasteiger charge is -2.07. The zero-order valence-electron chi connectivity index (χ0n) is 7.36. The number of hydrogen-bond acceptors (Lipinski definition) is 6. The van der Waals surface area contributed by atoms with Crippen LogP contribution in [0.15, 0.2) is 12.1 Å². The molecule has 6 nitrogen and oxygen atoms in total. The summed E-state index contributed by atoms with van der Waals surface area (Å²) in [7, 11) is 0. The van der Waals surface area contributed by atoms with Crippen molar-refractivity contribution in [2.75, 3.05) is 22.9 Å². The zero-order valence-corrected chi connectivity index (χ0v) is 7.36. The maximum Gasteiger partial charge on any atom is 0.222 e. The molecule has 72 valence electrons. The number of rotatable bonds is 0. The van der Waals surface area contributed by atoms with Gasteiger partial charge in [0.1, 0.15) is 5.82 Å². The molecule has 0 aliphatic heterocycles. The van der Waals surface area contributed by atoms with E-state index in [9.17, 15) is 0 Å². The smallest absolute Gasteiger partial charge is 0.222 e. The Bertz CT molecular complexity index is 507. The van der Waals surface area contributed by atoms with Crippen LogP contribution in [0.25, 0.3) is 10.9 Å². The summed E-state index contributed by atoms with van der Waals surface area (Å²) in [4.78, 5) is 7.80. The summed E-state index contributed by atoms with van der Waals surface area (Å²) in [6.07, 6.45) is 0. The summed E-state index contributed by atoms with van der Waals surface area (Å²) in [5.41, 5.74) is 23.9. The molecule has 0 aliphatic rings. The normalized spacial score (nSPS) is 10.6. The molecule has 2 rings (SSSR count). The van der Waals surface area contributed by atoms with Crippen LogP contribution in [0, 0.1) is 0 Å². The Morgan fingerprint density at radius 3 is 2.36 bits per heavy atom. The largest absolute Gasteiger partial charge is 0.397 e. The van der Waals surface area contributed by atoms with Crippen molar-refractivity contribution in [1.82, 2.24) is 9.97 Å². The fourth-order valence-electron chi connectivity index (χ4n) is 1.31. The van der Waals surface area contributed by atoms with Crippen molar-refractivity contribution in [2.24, 2.45) is 0 Å². The van der Waals surface area contributed by atoms with E-state index < -0.39 is 0 Å². The van der Waals surface area contributed by atoms with Crippen LogP contribution in [0.4, 0.5) is 23.1 Å². The highest BCUT2D eigenvalue weighted by Gasteiger charge is 2.08. The van der Waals surface area contributed by atoms with E-state index in [1.54, 1.807) is 12.1 Å². The van der Waals surface area contributed by atoms with Gasteiger partial charge in [-0.1, -0.05) is 0 Å². The predicted molar refractivity (Wildman–Crippen MR) is 57.2 cm³/mol. The Morgan fingerprint density at radius 1 is 0.929 bits per heavy atom. The van der Waals surface area contributed by atoms with Crippen LogP contribution in [-0.4, -0.2) is 9.97 Å². The highest BCUT2D eigenvalue weighted by Crippen LogP contribution is 2.29. The first-order valence-electron chi connectivity index (χ1n) is 3.96. The lowest BCUT2D eigenvalue weighted by molar-refractivity contribution is 1.25. The Labute approximate surface area is 79.9 Å². The second-order valence-corrected chi connectivity index (χ2v) is 2.93. The highest BCUT2D eigenvalue weighted by molar-refractivity contribution is 6.02. The van der Waals surface area contributed by atoms with E-state index in [0.717, 1.165) is 0 Å². The molecule has 8 N–H and O–H groups in total. The van der Waals surface area contributed by atoms with Crippen molar-refractivity contribution in [3.63, 3.8) is 0 Å². The second kappa shape index (κ2) is 2.63. The third kappa shape index (κ3) is 1.05. The minimum Gasteiger partial charge on any atom is -0.397 e. The van der Waals surface area contributed by atoms with E-state index in [4.69, 9.17) is 22.9 Å². The molecule has 0 bridgehead atoms. The van der Waals surface area contributed by atoms with Gasteiger partial charge < -0.3 is 22.9 Å². The van der Waals surface area contributed by atoms with Crippen LogP contribution >= 0.6 is 0 Å². The first-order valence-corrected chi connectivity index (χ1v) is 3.96. The van der Waals surface area contributed by atoms with Gasteiger partial charge >= 0.3 is 0 Å². The molecule has 1 aromatic heterocycles. The Morgan fingerprint density at radius 2 is 1.64 bits per heavy atom. The fourth-order valence-corrected chi connectivity index (χ4v) is 1.31. The minimum atomic E-state index is 0.124. The van der Waals surface area contributed by atoms with Crippen LogP contribution in [0.1, 0.15) is 0 Å². The maximum absolute atomic E-state index is 5.74. The summed E-state index contributed by atoms with van der Waals surface area (Å²) < 4.78 is 0. The number of aromatic nitrogens is 2. The van der Waals surface area contributed by atoms with Gasteiger partial charge in [0.15, 0.2) is 0 Å². The van der Waals surface area contributed by atoms with Crippen molar-refractivity contribution in [3.05, 3.63) is 12.1 Å². The third-order valence-electron chi connectivity index (χ3n) is 1.98. The van der Waals surface area contributed by atoms with Crippen LogP contribution in [-0.2, 0) is 0 Å². The fraction of sp³-hybridized carbons (Fsp3) is 0. The summed E-state index contributed by atoms with van der Waals surface area (Å²) >= 11 is 0.